The molecule has 8 heteroatoms. The Kier molecular flexibility index (Phi) is 8.78. The summed E-state index contributed by atoms with van der Waals surface area (Å²) in [6.07, 6.45) is 10.6. The summed E-state index contributed by atoms with van der Waals surface area (Å²) in [6, 6.07) is 3.85. The highest BCUT2D eigenvalue weighted by atomic mass is 35.5. The highest BCUT2D eigenvalue weighted by Gasteiger charge is 2.47. The van der Waals surface area contributed by atoms with Gasteiger partial charge in [0.15, 0.2) is 0 Å². The zero-order valence-electron chi connectivity index (χ0n) is 23.5. The Balaban J connectivity index is 1.70. The number of nitrogens with zero attached hydrogens (tertiary/aromatic N) is 1. The fourth-order valence-corrected chi connectivity index (χ4v) is 6.73. The summed E-state index contributed by atoms with van der Waals surface area (Å²) in [5.41, 5.74) is 2.34. The molecular formula is C30H42ClN3O4. The van der Waals surface area contributed by atoms with Gasteiger partial charge in [-0.15, -0.1) is 0 Å². The van der Waals surface area contributed by atoms with Gasteiger partial charge in [-0.3, -0.25) is 4.79 Å². The monoisotopic (exact) mass is 543 g/mol. The third-order valence-corrected chi connectivity index (χ3v) is 9.32. The van der Waals surface area contributed by atoms with E-state index in [1.807, 2.05) is 25.3 Å². The summed E-state index contributed by atoms with van der Waals surface area (Å²) in [5.74, 6) is 1.68. The third kappa shape index (κ3) is 5.89. The summed E-state index contributed by atoms with van der Waals surface area (Å²) in [6.45, 7) is 6.36. The number of ether oxygens (including phenoxy) is 2. The van der Waals surface area contributed by atoms with Crippen LogP contribution < -0.4 is 20.3 Å². The molecule has 2 heterocycles. The van der Waals surface area contributed by atoms with Crippen LogP contribution in [0, 0.1) is 17.8 Å². The van der Waals surface area contributed by atoms with Crippen molar-refractivity contribution < 1.29 is 19.1 Å². The Bertz CT molecular complexity index is 1120. The molecule has 3 aliphatic rings. The van der Waals surface area contributed by atoms with Crippen molar-refractivity contribution in [2.24, 2.45) is 17.8 Å². The Morgan fingerprint density at radius 2 is 2.00 bits per heavy atom. The van der Waals surface area contributed by atoms with E-state index in [0.29, 0.717) is 47.6 Å². The molecule has 208 valence electrons. The molecule has 1 aromatic carbocycles. The summed E-state index contributed by atoms with van der Waals surface area (Å²) < 4.78 is 11.4. The second-order valence-corrected chi connectivity index (χ2v) is 11.9. The topological polar surface area (TPSA) is 79.9 Å². The molecule has 1 unspecified atom stereocenters. The SMILES string of the molecule is CNC1/C=C/C=C(\C)Cc2cc(OC)c(Cl)c(c2)N(C)C(=O)CC[C@@H]2CC[C@H]2[C@H](C)[C@@H]2C[C@@]1(C)NC(=O)O2. The van der Waals surface area contributed by atoms with Crippen LogP contribution in [-0.2, 0) is 16.0 Å². The van der Waals surface area contributed by atoms with Crippen LogP contribution in [0.3, 0.4) is 0 Å². The number of hydrogen-bond donors (Lipinski definition) is 2. The molecule has 0 radical (unpaired) electrons. The van der Waals surface area contributed by atoms with Gasteiger partial charge in [0.2, 0.25) is 5.91 Å². The van der Waals surface area contributed by atoms with Crippen molar-refractivity contribution in [3.63, 3.8) is 0 Å². The Morgan fingerprint density at radius 1 is 1.24 bits per heavy atom. The molecule has 2 fully saturated rings. The van der Waals surface area contributed by atoms with E-state index in [4.69, 9.17) is 21.1 Å². The zero-order chi connectivity index (χ0) is 27.6. The van der Waals surface area contributed by atoms with E-state index in [9.17, 15) is 9.59 Å². The lowest BCUT2D eigenvalue weighted by atomic mass is 9.63. The first-order chi connectivity index (χ1) is 18.1. The van der Waals surface area contributed by atoms with Crippen LogP contribution in [0.15, 0.2) is 35.9 Å². The van der Waals surface area contributed by atoms with Gasteiger partial charge in [-0.1, -0.05) is 42.3 Å². The Hall–Kier alpha value is -2.51. The van der Waals surface area contributed by atoms with Gasteiger partial charge in [-0.05, 0) is 82.0 Å². The predicted octanol–water partition coefficient (Wildman–Crippen LogP) is 5.66. The van der Waals surface area contributed by atoms with Gasteiger partial charge in [-0.25, -0.2) is 4.79 Å². The van der Waals surface area contributed by atoms with Crippen molar-refractivity contribution in [2.45, 2.75) is 77.0 Å². The Morgan fingerprint density at radius 3 is 2.66 bits per heavy atom. The number of halogens is 1. The third-order valence-electron chi connectivity index (χ3n) is 8.94. The van der Waals surface area contributed by atoms with Crippen LogP contribution in [0.25, 0.3) is 0 Å². The second-order valence-electron chi connectivity index (χ2n) is 11.5. The molecule has 6 atom stereocenters. The van der Waals surface area contributed by atoms with Crippen molar-refractivity contribution in [1.29, 1.82) is 0 Å². The van der Waals surface area contributed by atoms with Crippen LogP contribution in [0.1, 0.15) is 58.4 Å². The molecule has 1 aliphatic carbocycles. The smallest absolute Gasteiger partial charge is 0.407 e. The average Bonchev–Trinajstić information content (AvgIpc) is 2.85. The largest absolute Gasteiger partial charge is 0.495 e. The number of carbonyl (C=O) groups excluding carboxylic acids is 2. The Labute approximate surface area is 232 Å². The highest BCUT2D eigenvalue weighted by Crippen LogP contribution is 2.46. The quantitative estimate of drug-likeness (QED) is 0.503. The normalized spacial score (nSPS) is 34.7. The minimum absolute atomic E-state index is 0.0373. The molecule has 1 saturated carbocycles. The van der Waals surface area contributed by atoms with E-state index < -0.39 is 5.54 Å². The first kappa shape index (κ1) is 28.5. The molecule has 7 nitrogen and oxygen atoms in total. The number of anilines is 1. The van der Waals surface area contributed by atoms with Crippen molar-refractivity contribution in [3.8, 4) is 5.75 Å². The number of rotatable bonds is 2. The summed E-state index contributed by atoms with van der Waals surface area (Å²) >= 11 is 6.66. The van der Waals surface area contributed by atoms with Gasteiger partial charge in [0.05, 0.1) is 18.3 Å². The lowest BCUT2D eigenvalue weighted by molar-refractivity contribution is -0.119. The fraction of sp³-hybridized carbons (Fsp3) is 0.600. The van der Waals surface area contributed by atoms with Gasteiger partial charge in [0.25, 0.3) is 0 Å². The van der Waals surface area contributed by atoms with E-state index in [-0.39, 0.29) is 30.1 Å². The highest BCUT2D eigenvalue weighted by molar-refractivity contribution is 6.35. The molecular weight excluding hydrogens is 502 g/mol. The minimum atomic E-state index is -0.486. The van der Waals surface area contributed by atoms with Crippen LogP contribution >= 0.6 is 11.6 Å². The van der Waals surface area contributed by atoms with Crippen molar-refractivity contribution in [1.82, 2.24) is 10.6 Å². The van der Waals surface area contributed by atoms with Crippen LogP contribution in [-0.4, -0.2) is 50.9 Å². The molecule has 0 spiro atoms. The number of benzene rings is 1. The van der Waals surface area contributed by atoms with Gasteiger partial charge in [-0.2, -0.15) is 0 Å². The van der Waals surface area contributed by atoms with E-state index >= 15 is 0 Å². The van der Waals surface area contributed by atoms with Crippen molar-refractivity contribution >= 4 is 29.3 Å². The van der Waals surface area contributed by atoms with Crippen LogP contribution in [0.4, 0.5) is 10.5 Å². The number of hydrogen-bond acceptors (Lipinski definition) is 5. The van der Waals surface area contributed by atoms with E-state index in [2.05, 4.69) is 43.6 Å². The van der Waals surface area contributed by atoms with Gasteiger partial charge in [0.1, 0.15) is 16.9 Å². The number of nitrogens with one attached hydrogen (secondary N) is 2. The average molecular weight is 544 g/mol. The van der Waals surface area contributed by atoms with E-state index in [0.717, 1.165) is 30.4 Å². The first-order valence-electron chi connectivity index (χ1n) is 13.7. The van der Waals surface area contributed by atoms with Gasteiger partial charge < -0.3 is 25.0 Å². The fourth-order valence-electron chi connectivity index (χ4n) is 6.41. The van der Waals surface area contributed by atoms with Crippen molar-refractivity contribution in [3.05, 3.63) is 46.5 Å². The maximum absolute atomic E-state index is 13.3. The lowest BCUT2D eigenvalue weighted by Crippen LogP contribution is -2.64. The molecule has 1 saturated heterocycles. The minimum Gasteiger partial charge on any atom is -0.495 e. The number of allylic oxidation sites excluding steroid dienone is 3. The van der Waals surface area contributed by atoms with Crippen LogP contribution in [0.5, 0.6) is 5.75 Å². The number of fused-ring (bicyclic) bond motifs is 5. The predicted molar refractivity (Wildman–Crippen MR) is 152 cm³/mol. The van der Waals surface area contributed by atoms with E-state index in [1.54, 1.807) is 19.1 Å². The van der Waals surface area contributed by atoms with Gasteiger partial charge >= 0.3 is 6.09 Å². The number of carbonyl (C=O) groups is 2. The summed E-state index contributed by atoms with van der Waals surface area (Å²) in [5, 5.41) is 6.92. The zero-order valence-corrected chi connectivity index (χ0v) is 24.2. The van der Waals surface area contributed by atoms with E-state index in [1.165, 1.54) is 0 Å². The molecule has 4 rings (SSSR count). The maximum Gasteiger partial charge on any atom is 0.407 e. The molecule has 2 aliphatic heterocycles. The number of alkyl carbamates (subject to hydrolysis) is 1. The number of likely N-dealkylation sites (N-methyl/N-ethyl adjacent to an activating group) is 1. The molecule has 2 amide bonds. The number of methoxy groups -OCH3 is 1. The molecule has 1 aromatic rings. The van der Waals surface area contributed by atoms with Gasteiger partial charge in [0, 0.05) is 25.9 Å². The second kappa shape index (κ2) is 11.7. The maximum atomic E-state index is 13.3. The molecule has 2 N–H and O–H groups in total. The first-order valence-corrected chi connectivity index (χ1v) is 14.1. The molecule has 38 heavy (non-hydrogen) atoms. The standard InChI is InChI=1S/C30H42ClN3O4/c1-18-8-7-9-26(32-4)30(3)17-25(38-29(36)33-30)19(2)22-12-10-21(22)11-13-27(35)34(5)23-15-20(14-18)16-24(37-6)28(23)31/h7-9,15-16,19,21-22,25-26,32H,10-14,17H2,1-6H3,(H,33,36)/b9-7+,18-8+/t19-,21-,22-,25-,26?,30+/m0/s1. The summed E-state index contributed by atoms with van der Waals surface area (Å²) in [7, 11) is 5.30. The van der Waals surface area contributed by atoms with Crippen LogP contribution in [0.2, 0.25) is 5.02 Å². The number of amides is 2. The molecule has 4 bridgehead atoms. The van der Waals surface area contributed by atoms with Crippen molar-refractivity contribution in [2.75, 3.05) is 26.1 Å². The summed E-state index contributed by atoms with van der Waals surface area (Å²) in [4.78, 5) is 27.6. The lowest BCUT2D eigenvalue weighted by Gasteiger charge is -2.48. The molecule has 0 aromatic heterocycles.